The summed E-state index contributed by atoms with van der Waals surface area (Å²) in [4.78, 5) is 0. The first-order valence-electron chi connectivity index (χ1n) is 6.10. The van der Waals surface area contributed by atoms with Gasteiger partial charge in [-0.3, -0.25) is 0 Å². The third-order valence-electron chi connectivity index (χ3n) is 2.82. The molecular weight excluding hydrogens is 248 g/mol. The Morgan fingerprint density at radius 3 is 2.00 bits per heavy atom. The van der Waals surface area contributed by atoms with E-state index in [0.29, 0.717) is 12.2 Å². The van der Waals surface area contributed by atoms with Crippen LogP contribution in [0.5, 0.6) is 0 Å². The Morgan fingerprint density at radius 1 is 1.11 bits per heavy atom. The predicted molar refractivity (Wildman–Crippen MR) is 75.6 cm³/mol. The Labute approximate surface area is 110 Å². The van der Waals surface area contributed by atoms with E-state index in [4.69, 9.17) is 5.73 Å². The molecule has 0 atom stereocenters. The molecule has 0 aliphatic carbocycles. The molecule has 1 aromatic carbocycles. The Morgan fingerprint density at radius 2 is 1.61 bits per heavy atom. The zero-order valence-electron chi connectivity index (χ0n) is 11.4. The van der Waals surface area contributed by atoms with Gasteiger partial charge in [-0.05, 0) is 45.4 Å². The maximum Gasteiger partial charge on any atom is 0.216 e. The van der Waals surface area contributed by atoms with Crippen LogP contribution in [0.3, 0.4) is 0 Å². The Kier molecular flexibility index (Phi) is 4.76. The molecule has 0 aromatic heterocycles. The quantitative estimate of drug-likeness (QED) is 0.834. The lowest BCUT2D eigenvalue weighted by atomic mass is 10.2. The van der Waals surface area contributed by atoms with E-state index in [1.807, 2.05) is 26.0 Å². The van der Waals surface area contributed by atoms with E-state index in [-0.39, 0.29) is 6.04 Å². The Hall–Kier alpha value is -1.07. The number of hydrogen-bond acceptors (Lipinski definition) is 3. The number of benzene rings is 1. The van der Waals surface area contributed by atoms with Crippen molar-refractivity contribution in [2.75, 3.05) is 5.73 Å². The summed E-state index contributed by atoms with van der Waals surface area (Å²) in [6.07, 6.45) is 0. The molecule has 0 bridgehead atoms. The summed E-state index contributed by atoms with van der Waals surface area (Å²) < 4.78 is 26.0. The van der Waals surface area contributed by atoms with Gasteiger partial charge >= 0.3 is 0 Å². The second-order valence-electron chi connectivity index (χ2n) is 4.97. The van der Waals surface area contributed by atoms with E-state index in [0.717, 1.165) is 5.56 Å². The molecule has 102 valence electrons. The maximum absolute atomic E-state index is 12.2. The third kappa shape index (κ3) is 3.46. The van der Waals surface area contributed by atoms with Gasteiger partial charge in [-0.15, -0.1) is 0 Å². The van der Waals surface area contributed by atoms with Crippen molar-refractivity contribution in [3.8, 4) is 0 Å². The fraction of sp³-hybridized carbons (Fsp3) is 0.538. The van der Waals surface area contributed by atoms with E-state index < -0.39 is 15.3 Å². The molecule has 0 radical (unpaired) electrons. The topological polar surface area (TPSA) is 63.4 Å². The van der Waals surface area contributed by atoms with Gasteiger partial charge < -0.3 is 5.73 Å². The molecule has 0 spiro atoms. The van der Waals surface area contributed by atoms with Crippen LogP contribution < -0.4 is 5.73 Å². The van der Waals surface area contributed by atoms with Crippen molar-refractivity contribution in [3.63, 3.8) is 0 Å². The highest BCUT2D eigenvalue weighted by Crippen LogP contribution is 2.17. The first-order chi connectivity index (χ1) is 8.25. The molecule has 1 rings (SSSR count). The van der Waals surface area contributed by atoms with E-state index >= 15 is 0 Å². The molecule has 5 heteroatoms. The summed E-state index contributed by atoms with van der Waals surface area (Å²) in [5, 5.41) is -0.409. The molecule has 0 heterocycles. The fourth-order valence-electron chi connectivity index (χ4n) is 1.64. The van der Waals surface area contributed by atoms with Crippen molar-refractivity contribution in [1.82, 2.24) is 4.31 Å². The fourth-order valence-corrected chi connectivity index (χ4v) is 3.10. The van der Waals surface area contributed by atoms with Crippen molar-refractivity contribution < 1.29 is 8.42 Å². The molecule has 0 amide bonds. The lowest BCUT2D eigenvalue weighted by Gasteiger charge is -2.28. The van der Waals surface area contributed by atoms with Crippen LogP contribution in [-0.4, -0.2) is 24.0 Å². The number of nitrogen functional groups attached to an aromatic ring is 1. The zero-order chi connectivity index (χ0) is 13.9. The Bertz CT molecular complexity index is 478. The normalized spacial score (nSPS) is 12.6. The smallest absolute Gasteiger partial charge is 0.216 e. The Balaban J connectivity index is 2.98. The average Bonchev–Trinajstić information content (AvgIpc) is 2.27. The molecule has 0 saturated carbocycles. The summed E-state index contributed by atoms with van der Waals surface area (Å²) in [6.45, 7) is 7.56. The largest absolute Gasteiger partial charge is 0.399 e. The van der Waals surface area contributed by atoms with Gasteiger partial charge in [-0.1, -0.05) is 12.1 Å². The highest BCUT2D eigenvalue weighted by molar-refractivity contribution is 7.89. The number of rotatable bonds is 5. The van der Waals surface area contributed by atoms with E-state index in [1.165, 1.54) is 4.31 Å². The first kappa shape index (κ1) is 15.0. The monoisotopic (exact) mass is 270 g/mol. The molecule has 0 saturated heterocycles. The van der Waals surface area contributed by atoms with E-state index in [1.54, 1.807) is 26.0 Å². The lowest BCUT2D eigenvalue weighted by Crippen LogP contribution is -2.40. The van der Waals surface area contributed by atoms with Crippen molar-refractivity contribution in [2.45, 2.75) is 45.5 Å². The summed E-state index contributed by atoms with van der Waals surface area (Å²) >= 11 is 0. The number of nitrogens with two attached hydrogens (primary N) is 1. The number of nitrogens with zero attached hydrogens (tertiary/aromatic N) is 1. The molecule has 0 aliphatic heterocycles. The zero-order valence-corrected chi connectivity index (χ0v) is 12.2. The molecule has 0 aliphatic rings. The van der Waals surface area contributed by atoms with Crippen molar-refractivity contribution in [3.05, 3.63) is 29.8 Å². The summed E-state index contributed by atoms with van der Waals surface area (Å²) in [7, 11) is -3.24. The standard InChI is InChI=1S/C13H22N2O2S/c1-10(2)15(18(16,17)11(3)4)9-12-5-7-13(14)8-6-12/h5-8,10-11H,9,14H2,1-4H3. The highest BCUT2D eigenvalue weighted by atomic mass is 32.2. The first-order valence-corrected chi connectivity index (χ1v) is 7.60. The molecule has 18 heavy (non-hydrogen) atoms. The van der Waals surface area contributed by atoms with Crippen molar-refractivity contribution >= 4 is 15.7 Å². The number of anilines is 1. The number of hydrogen-bond donors (Lipinski definition) is 1. The minimum Gasteiger partial charge on any atom is -0.399 e. The molecule has 4 nitrogen and oxygen atoms in total. The van der Waals surface area contributed by atoms with Crippen LogP contribution >= 0.6 is 0 Å². The van der Waals surface area contributed by atoms with Crippen LogP contribution in [0.4, 0.5) is 5.69 Å². The SMILES string of the molecule is CC(C)N(Cc1ccc(N)cc1)S(=O)(=O)C(C)C. The number of sulfonamides is 1. The molecule has 2 N–H and O–H groups in total. The molecule has 1 aromatic rings. The minimum absolute atomic E-state index is 0.0602. The second kappa shape index (κ2) is 5.71. The van der Waals surface area contributed by atoms with Gasteiger partial charge in [0.25, 0.3) is 0 Å². The van der Waals surface area contributed by atoms with Crippen LogP contribution in [0.2, 0.25) is 0 Å². The van der Waals surface area contributed by atoms with Crippen LogP contribution in [0.1, 0.15) is 33.3 Å². The summed E-state index contributed by atoms with van der Waals surface area (Å²) in [5.41, 5.74) is 7.25. The van der Waals surface area contributed by atoms with Gasteiger partial charge in [-0.25, -0.2) is 8.42 Å². The van der Waals surface area contributed by atoms with Gasteiger partial charge in [-0.2, -0.15) is 4.31 Å². The van der Waals surface area contributed by atoms with Crippen LogP contribution in [0.25, 0.3) is 0 Å². The third-order valence-corrected chi connectivity index (χ3v) is 5.21. The average molecular weight is 270 g/mol. The molecule has 0 fully saturated rings. The van der Waals surface area contributed by atoms with Gasteiger partial charge in [0, 0.05) is 18.3 Å². The van der Waals surface area contributed by atoms with Crippen LogP contribution in [0, 0.1) is 0 Å². The minimum atomic E-state index is -3.24. The van der Waals surface area contributed by atoms with Crippen LogP contribution in [-0.2, 0) is 16.6 Å². The predicted octanol–water partition coefficient (Wildman–Crippen LogP) is 2.22. The van der Waals surface area contributed by atoms with E-state index in [9.17, 15) is 8.42 Å². The van der Waals surface area contributed by atoms with Gasteiger partial charge in [0.1, 0.15) is 0 Å². The van der Waals surface area contributed by atoms with Gasteiger partial charge in [0.2, 0.25) is 10.0 Å². The van der Waals surface area contributed by atoms with Crippen LogP contribution in [0.15, 0.2) is 24.3 Å². The van der Waals surface area contributed by atoms with Gasteiger partial charge in [0.05, 0.1) is 5.25 Å². The second-order valence-corrected chi connectivity index (χ2v) is 7.42. The summed E-state index contributed by atoms with van der Waals surface area (Å²) in [6, 6.07) is 7.24. The highest BCUT2D eigenvalue weighted by Gasteiger charge is 2.27. The van der Waals surface area contributed by atoms with Crippen molar-refractivity contribution in [2.24, 2.45) is 0 Å². The maximum atomic E-state index is 12.2. The van der Waals surface area contributed by atoms with E-state index in [2.05, 4.69) is 0 Å². The molecule has 0 unspecified atom stereocenters. The molecular formula is C13H22N2O2S. The van der Waals surface area contributed by atoms with Crippen molar-refractivity contribution in [1.29, 1.82) is 0 Å². The lowest BCUT2D eigenvalue weighted by molar-refractivity contribution is 0.344. The van der Waals surface area contributed by atoms with Gasteiger partial charge in [0.15, 0.2) is 0 Å². The summed E-state index contributed by atoms with van der Waals surface area (Å²) in [5.74, 6) is 0.